The Morgan fingerprint density at radius 2 is 1.94 bits per heavy atom. The van der Waals surface area contributed by atoms with Crippen molar-refractivity contribution in [3.8, 4) is 0 Å². The summed E-state index contributed by atoms with van der Waals surface area (Å²) in [4.78, 5) is 0. The van der Waals surface area contributed by atoms with Crippen LogP contribution in [0.1, 0.15) is 38.3 Å². The van der Waals surface area contributed by atoms with E-state index in [1.54, 1.807) is 0 Å². The largest absolute Gasteiger partial charge is 0.760 e. The second-order valence-electron chi connectivity index (χ2n) is 3.43. The molecule has 90 valence electrons. The van der Waals surface area contributed by atoms with Crippen molar-refractivity contribution in [2.75, 3.05) is 6.54 Å². The minimum Gasteiger partial charge on any atom is -0.760 e. The fourth-order valence-electron chi connectivity index (χ4n) is 1.93. The molecule has 0 N–H and O–H groups in total. The summed E-state index contributed by atoms with van der Waals surface area (Å²) in [6.45, 7) is 4.65. The van der Waals surface area contributed by atoms with Gasteiger partial charge in [0.2, 0.25) is 0 Å². The quantitative estimate of drug-likeness (QED) is 0.746. The third-order valence-corrected chi connectivity index (χ3v) is 3.40. The highest BCUT2D eigenvalue weighted by molar-refractivity contribution is 7.76. The molecule has 4 heteroatoms. The first-order valence-electron chi connectivity index (χ1n) is 5.70. The lowest BCUT2D eigenvalue weighted by atomic mass is 10.1. The molecule has 0 radical (unpaired) electrons. The van der Waals surface area contributed by atoms with Crippen LogP contribution in [0.3, 0.4) is 0 Å². The van der Waals surface area contributed by atoms with Crippen molar-refractivity contribution in [3.05, 3.63) is 35.9 Å². The first-order chi connectivity index (χ1) is 7.79. The van der Waals surface area contributed by atoms with E-state index in [2.05, 4.69) is 0 Å². The maximum atomic E-state index is 10.9. The highest BCUT2D eigenvalue weighted by atomic mass is 32.2. The standard InChI is InChI=1S/C10H13NO2S.C2H6/c12-14(13)11-8-4-7-10(11)9-5-2-1-3-6-9;1-2/h1-3,5-6,10H,4,7-8H2,(H,12,13);1-2H3/p-1. The van der Waals surface area contributed by atoms with E-state index in [0.29, 0.717) is 6.54 Å². The molecule has 1 aromatic carbocycles. The first kappa shape index (κ1) is 13.4. The van der Waals surface area contributed by atoms with Crippen molar-refractivity contribution in [2.24, 2.45) is 0 Å². The molecule has 0 aromatic heterocycles. The van der Waals surface area contributed by atoms with Gasteiger partial charge in [-0.25, -0.2) is 4.31 Å². The monoisotopic (exact) mass is 240 g/mol. The topological polar surface area (TPSA) is 43.4 Å². The molecule has 0 bridgehead atoms. The predicted octanol–water partition coefficient (Wildman–Crippen LogP) is 2.64. The Bertz CT molecular complexity index is 329. The smallest absolute Gasteiger partial charge is 0.0465 e. The molecule has 0 amide bonds. The van der Waals surface area contributed by atoms with Gasteiger partial charge in [0.25, 0.3) is 0 Å². The molecular formula is C12H18NO2S-. The number of hydrogen-bond donors (Lipinski definition) is 0. The van der Waals surface area contributed by atoms with Crippen molar-refractivity contribution >= 4 is 11.3 Å². The third kappa shape index (κ3) is 3.14. The second kappa shape index (κ2) is 6.78. The molecule has 2 unspecified atom stereocenters. The summed E-state index contributed by atoms with van der Waals surface area (Å²) in [6.07, 6.45) is 1.88. The van der Waals surface area contributed by atoms with E-state index in [0.717, 1.165) is 18.4 Å². The van der Waals surface area contributed by atoms with Crippen molar-refractivity contribution in [2.45, 2.75) is 32.7 Å². The Morgan fingerprint density at radius 1 is 1.31 bits per heavy atom. The summed E-state index contributed by atoms with van der Waals surface area (Å²) in [7, 11) is 0. The molecule has 1 heterocycles. The highest BCUT2D eigenvalue weighted by Crippen LogP contribution is 2.32. The van der Waals surface area contributed by atoms with Crippen LogP contribution in [0.2, 0.25) is 0 Å². The highest BCUT2D eigenvalue weighted by Gasteiger charge is 2.26. The molecule has 1 saturated heterocycles. The van der Waals surface area contributed by atoms with Crippen LogP contribution in [0, 0.1) is 0 Å². The van der Waals surface area contributed by atoms with Crippen molar-refractivity contribution in [1.82, 2.24) is 4.31 Å². The van der Waals surface area contributed by atoms with Crippen LogP contribution < -0.4 is 0 Å². The normalized spacial score (nSPS) is 22.3. The van der Waals surface area contributed by atoms with E-state index in [-0.39, 0.29) is 6.04 Å². The molecule has 1 fully saturated rings. The minimum absolute atomic E-state index is 0.0505. The summed E-state index contributed by atoms with van der Waals surface area (Å²) in [5.41, 5.74) is 1.09. The second-order valence-corrected chi connectivity index (χ2v) is 4.33. The molecule has 0 saturated carbocycles. The lowest BCUT2D eigenvalue weighted by Gasteiger charge is -2.26. The molecule has 1 aromatic rings. The van der Waals surface area contributed by atoms with Gasteiger partial charge in [-0.05, 0) is 18.4 Å². The summed E-state index contributed by atoms with van der Waals surface area (Å²) < 4.78 is 23.3. The number of hydrogen-bond acceptors (Lipinski definition) is 2. The molecular weight excluding hydrogens is 222 g/mol. The van der Waals surface area contributed by atoms with Gasteiger partial charge in [-0.15, -0.1) is 0 Å². The number of nitrogens with zero attached hydrogens (tertiary/aromatic N) is 1. The number of benzene rings is 1. The minimum atomic E-state index is -2.09. The summed E-state index contributed by atoms with van der Waals surface area (Å²) in [5, 5.41) is 0. The van der Waals surface area contributed by atoms with Crippen LogP contribution in [-0.4, -0.2) is 19.6 Å². The maximum Gasteiger partial charge on any atom is 0.0465 e. The van der Waals surface area contributed by atoms with Gasteiger partial charge in [0, 0.05) is 23.9 Å². The van der Waals surface area contributed by atoms with Gasteiger partial charge >= 0.3 is 0 Å². The van der Waals surface area contributed by atoms with Gasteiger partial charge < -0.3 is 4.55 Å². The van der Waals surface area contributed by atoms with E-state index in [9.17, 15) is 8.76 Å². The van der Waals surface area contributed by atoms with E-state index in [1.807, 2.05) is 44.2 Å². The third-order valence-electron chi connectivity index (χ3n) is 2.58. The predicted molar refractivity (Wildman–Crippen MR) is 65.4 cm³/mol. The Kier molecular flexibility index (Phi) is 5.66. The van der Waals surface area contributed by atoms with E-state index < -0.39 is 11.3 Å². The fraction of sp³-hybridized carbons (Fsp3) is 0.500. The van der Waals surface area contributed by atoms with Crippen LogP contribution >= 0.6 is 0 Å². The molecule has 1 aliphatic rings. The Labute approximate surface area is 99.9 Å². The van der Waals surface area contributed by atoms with E-state index in [4.69, 9.17) is 0 Å². The van der Waals surface area contributed by atoms with Crippen molar-refractivity contribution in [3.63, 3.8) is 0 Å². The molecule has 1 aliphatic heterocycles. The average molecular weight is 240 g/mol. The van der Waals surface area contributed by atoms with Crippen LogP contribution in [0.4, 0.5) is 0 Å². The number of rotatable bonds is 2. The zero-order valence-corrected chi connectivity index (χ0v) is 10.6. The van der Waals surface area contributed by atoms with Gasteiger partial charge in [-0.2, -0.15) is 0 Å². The summed E-state index contributed by atoms with van der Waals surface area (Å²) in [6, 6.07) is 9.84. The van der Waals surface area contributed by atoms with Crippen LogP contribution in [0.15, 0.2) is 30.3 Å². The van der Waals surface area contributed by atoms with Crippen molar-refractivity contribution in [1.29, 1.82) is 0 Å². The summed E-state index contributed by atoms with van der Waals surface area (Å²) >= 11 is -2.09. The van der Waals surface area contributed by atoms with E-state index >= 15 is 0 Å². The van der Waals surface area contributed by atoms with Gasteiger partial charge in [0.1, 0.15) is 0 Å². The lowest BCUT2D eigenvalue weighted by molar-refractivity contribution is 0.375. The molecule has 3 nitrogen and oxygen atoms in total. The molecule has 0 spiro atoms. The Morgan fingerprint density at radius 3 is 2.50 bits per heavy atom. The van der Waals surface area contributed by atoms with Crippen LogP contribution in [-0.2, 0) is 11.3 Å². The molecule has 2 rings (SSSR count). The molecule has 16 heavy (non-hydrogen) atoms. The molecule has 2 atom stereocenters. The van der Waals surface area contributed by atoms with Gasteiger partial charge in [0.05, 0.1) is 0 Å². The van der Waals surface area contributed by atoms with Gasteiger partial charge in [-0.1, -0.05) is 44.2 Å². The van der Waals surface area contributed by atoms with Crippen LogP contribution in [0.25, 0.3) is 0 Å². The Balaban J connectivity index is 0.000000606. The zero-order chi connectivity index (χ0) is 12.0. The SMILES string of the molecule is CC.O=S([O-])N1CCCC1c1ccccc1. The van der Waals surface area contributed by atoms with Crippen molar-refractivity contribution < 1.29 is 8.76 Å². The summed E-state index contributed by atoms with van der Waals surface area (Å²) in [5.74, 6) is 0. The van der Waals surface area contributed by atoms with Gasteiger partial charge in [0.15, 0.2) is 0 Å². The molecule has 0 aliphatic carbocycles. The fourth-order valence-corrected chi connectivity index (χ4v) is 2.64. The van der Waals surface area contributed by atoms with E-state index in [1.165, 1.54) is 4.31 Å². The Hall–Kier alpha value is -0.710. The first-order valence-corrected chi connectivity index (χ1v) is 6.73. The maximum absolute atomic E-state index is 10.9. The van der Waals surface area contributed by atoms with Crippen LogP contribution in [0.5, 0.6) is 0 Å². The zero-order valence-electron chi connectivity index (χ0n) is 9.76. The average Bonchev–Trinajstić information content (AvgIpc) is 2.82. The van der Waals surface area contributed by atoms with Gasteiger partial charge in [-0.3, -0.25) is 4.21 Å². The lowest BCUT2D eigenvalue weighted by Crippen LogP contribution is -2.25.